The molecule has 2 heterocycles. The van der Waals surface area contributed by atoms with Crippen LogP contribution in [0.25, 0.3) is 10.9 Å². The fourth-order valence-corrected chi connectivity index (χ4v) is 4.24. The van der Waals surface area contributed by atoms with Crippen LogP contribution in [0.4, 0.5) is 5.82 Å². The van der Waals surface area contributed by atoms with Crippen LogP contribution in [0.5, 0.6) is 0 Å². The number of anilines is 1. The third-order valence-corrected chi connectivity index (χ3v) is 5.67. The minimum absolute atomic E-state index is 0.0780. The number of halogens is 1. The van der Waals surface area contributed by atoms with Crippen molar-refractivity contribution in [3.63, 3.8) is 0 Å². The molecule has 136 valence electrons. The maximum Gasteiger partial charge on any atom is 0.265 e. The van der Waals surface area contributed by atoms with Crippen LogP contribution in [-0.2, 0) is 16.6 Å². The fourth-order valence-electron chi connectivity index (χ4n) is 2.79. The smallest absolute Gasteiger partial charge is 0.265 e. The van der Waals surface area contributed by atoms with Crippen LogP contribution >= 0.6 is 11.6 Å². The van der Waals surface area contributed by atoms with Crippen molar-refractivity contribution in [2.75, 3.05) is 4.72 Å². The van der Waals surface area contributed by atoms with Crippen molar-refractivity contribution in [2.45, 2.75) is 11.4 Å². The number of para-hydroxylation sites is 1. The standard InChI is InChI=1S/C19H15ClN4O2S/c20-16-13-24(12-14-6-2-1-3-7-14)22-19(16)23-27(25,26)17-10-4-8-15-9-5-11-21-18(15)17/h1-11,13H,12H2,(H,22,23). The zero-order chi connectivity index (χ0) is 18.9. The monoisotopic (exact) mass is 398 g/mol. The van der Waals surface area contributed by atoms with E-state index < -0.39 is 10.0 Å². The van der Waals surface area contributed by atoms with Gasteiger partial charge in [0.2, 0.25) is 0 Å². The lowest BCUT2D eigenvalue weighted by molar-refractivity contribution is 0.601. The summed E-state index contributed by atoms with van der Waals surface area (Å²) < 4.78 is 29.8. The maximum atomic E-state index is 12.9. The normalized spacial score (nSPS) is 11.6. The first-order valence-electron chi connectivity index (χ1n) is 8.16. The molecule has 4 aromatic rings. The van der Waals surface area contributed by atoms with E-state index in [1.807, 2.05) is 42.5 Å². The molecule has 0 spiro atoms. The van der Waals surface area contributed by atoms with Crippen LogP contribution in [0.1, 0.15) is 5.56 Å². The Balaban J connectivity index is 1.65. The number of sulfonamides is 1. The Morgan fingerprint density at radius 3 is 2.59 bits per heavy atom. The summed E-state index contributed by atoms with van der Waals surface area (Å²) in [6.07, 6.45) is 3.15. The Kier molecular flexibility index (Phi) is 4.55. The number of aromatic nitrogens is 3. The largest absolute Gasteiger partial charge is 0.265 e. The molecule has 2 aromatic carbocycles. The second kappa shape index (κ2) is 7.02. The van der Waals surface area contributed by atoms with Gasteiger partial charge in [0.05, 0.1) is 12.1 Å². The molecule has 0 aliphatic carbocycles. The number of hydrogen-bond acceptors (Lipinski definition) is 4. The molecule has 27 heavy (non-hydrogen) atoms. The fraction of sp³-hybridized carbons (Fsp3) is 0.0526. The van der Waals surface area contributed by atoms with Gasteiger partial charge >= 0.3 is 0 Å². The van der Waals surface area contributed by atoms with Crippen LogP contribution < -0.4 is 4.72 Å². The minimum Gasteiger partial charge on any atom is -0.265 e. The van der Waals surface area contributed by atoms with E-state index in [1.54, 1.807) is 29.2 Å². The number of fused-ring (bicyclic) bond motifs is 1. The predicted octanol–water partition coefficient (Wildman–Crippen LogP) is 3.93. The SMILES string of the molecule is O=S(=O)(Nc1nn(Cc2ccccc2)cc1Cl)c1cccc2cccnc12. The van der Waals surface area contributed by atoms with Gasteiger partial charge in [0.15, 0.2) is 5.82 Å². The highest BCUT2D eigenvalue weighted by molar-refractivity contribution is 7.93. The molecular weight excluding hydrogens is 384 g/mol. The molecule has 1 N–H and O–H groups in total. The van der Waals surface area contributed by atoms with E-state index >= 15 is 0 Å². The zero-order valence-corrected chi connectivity index (χ0v) is 15.7. The van der Waals surface area contributed by atoms with Crippen molar-refractivity contribution in [1.82, 2.24) is 14.8 Å². The molecule has 0 radical (unpaired) electrons. The molecule has 0 aliphatic heterocycles. The lowest BCUT2D eigenvalue weighted by atomic mass is 10.2. The average Bonchev–Trinajstić information content (AvgIpc) is 3.00. The molecule has 0 unspecified atom stereocenters. The summed E-state index contributed by atoms with van der Waals surface area (Å²) in [4.78, 5) is 4.27. The van der Waals surface area contributed by atoms with Crippen molar-refractivity contribution in [1.29, 1.82) is 0 Å². The minimum atomic E-state index is -3.89. The molecule has 0 aliphatic rings. The molecule has 0 fully saturated rings. The molecule has 6 nitrogen and oxygen atoms in total. The lowest BCUT2D eigenvalue weighted by Crippen LogP contribution is -2.15. The maximum absolute atomic E-state index is 12.9. The molecule has 8 heteroatoms. The number of rotatable bonds is 5. The summed E-state index contributed by atoms with van der Waals surface area (Å²) in [7, 11) is -3.89. The summed E-state index contributed by atoms with van der Waals surface area (Å²) >= 11 is 6.20. The number of pyridine rings is 1. The first kappa shape index (κ1) is 17.5. The number of nitrogens with one attached hydrogen (secondary N) is 1. The summed E-state index contributed by atoms with van der Waals surface area (Å²) in [5, 5.41) is 5.23. The molecule has 0 saturated carbocycles. The van der Waals surface area contributed by atoms with E-state index in [1.165, 1.54) is 6.07 Å². The van der Waals surface area contributed by atoms with Crippen molar-refractivity contribution in [2.24, 2.45) is 0 Å². The predicted molar refractivity (Wildman–Crippen MR) is 105 cm³/mol. The number of nitrogens with zero attached hydrogens (tertiary/aromatic N) is 3. The van der Waals surface area contributed by atoms with Crippen LogP contribution in [0.3, 0.4) is 0 Å². The topological polar surface area (TPSA) is 76.9 Å². The van der Waals surface area contributed by atoms with E-state index in [0.717, 1.165) is 10.9 Å². The van der Waals surface area contributed by atoms with Crippen LogP contribution in [0.2, 0.25) is 5.02 Å². The van der Waals surface area contributed by atoms with Gasteiger partial charge in [0.25, 0.3) is 10.0 Å². The number of hydrogen-bond donors (Lipinski definition) is 1. The van der Waals surface area contributed by atoms with Crippen molar-refractivity contribution in [3.8, 4) is 0 Å². The van der Waals surface area contributed by atoms with E-state index in [9.17, 15) is 8.42 Å². The van der Waals surface area contributed by atoms with Crippen molar-refractivity contribution in [3.05, 3.63) is 83.6 Å². The molecule has 4 rings (SSSR count). The Morgan fingerprint density at radius 2 is 1.78 bits per heavy atom. The third-order valence-electron chi connectivity index (χ3n) is 4.02. The first-order valence-corrected chi connectivity index (χ1v) is 10.0. The summed E-state index contributed by atoms with van der Waals surface area (Å²) in [6, 6.07) is 18.3. The quantitative estimate of drug-likeness (QED) is 0.552. The van der Waals surface area contributed by atoms with Gasteiger partial charge in [-0.1, -0.05) is 60.1 Å². The molecule has 0 amide bonds. The molecular formula is C19H15ClN4O2S. The van der Waals surface area contributed by atoms with Gasteiger partial charge in [-0.2, -0.15) is 5.10 Å². The van der Waals surface area contributed by atoms with Gasteiger partial charge in [0.1, 0.15) is 9.92 Å². The molecule has 0 atom stereocenters. The Morgan fingerprint density at radius 1 is 1.00 bits per heavy atom. The highest BCUT2D eigenvalue weighted by Crippen LogP contribution is 2.26. The van der Waals surface area contributed by atoms with Gasteiger partial charge < -0.3 is 0 Å². The Labute approximate surface area is 161 Å². The van der Waals surface area contributed by atoms with Gasteiger partial charge in [-0.3, -0.25) is 14.4 Å². The molecule has 0 saturated heterocycles. The average molecular weight is 399 g/mol. The first-order chi connectivity index (χ1) is 13.0. The Hall–Kier alpha value is -2.90. The van der Waals surface area contributed by atoms with Crippen LogP contribution in [0, 0.1) is 0 Å². The molecule has 2 aromatic heterocycles. The highest BCUT2D eigenvalue weighted by atomic mass is 35.5. The van der Waals surface area contributed by atoms with E-state index in [-0.39, 0.29) is 15.7 Å². The van der Waals surface area contributed by atoms with Crippen molar-refractivity contribution < 1.29 is 8.42 Å². The van der Waals surface area contributed by atoms with Crippen LogP contribution in [-0.4, -0.2) is 23.2 Å². The van der Waals surface area contributed by atoms with E-state index in [0.29, 0.717) is 12.1 Å². The third kappa shape index (κ3) is 3.65. The lowest BCUT2D eigenvalue weighted by Gasteiger charge is -2.08. The summed E-state index contributed by atoms with van der Waals surface area (Å²) in [5.74, 6) is 0.0838. The van der Waals surface area contributed by atoms with Crippen molar-refractivity contribution >= 4 is 38.3 Å². The van der Waals surface area contributed by atoms with Crippen LogP contribution in [0.15, 0.2) is 78.0 Å². The van der Waals surface area contributed by atoms with Gasteiger partial charge in [-0.25, -0.2) is 8.42 Å². The highest BCUT2D eigenvalue weighted by Gasteiger charge is 2.21. The summed E-state index contributed by atoms with van der Waals surface area (Å²) in [5.41, 5.74) is 1.43. The second-order valence-electron chi connectivity index (χ2n) is 5.95. The zero-order valence-electron chi connectivity index (χ0n) is 14.1. The Bertz CT molecular complexity index is 1200. The second-order valence-corrected chi connectivity index (χ2v) is 8.00. The molecule has 0 bridgehead atoms. The summed E-state index contributed by atoms with van der Waals surface area (Å²) in [6.45, 7) is 0.484. The number of benzene rings is 2. The van der Waals surface area contributed by atoms with Gasteiger partial charge in [-0.15, -0.1) is 0 Å². The van der Waals surface area contributed by atoms with Gasteiger partial charge in [0, 0.05) is 17.8 Å². The van der Waals surface area contributed by atoms with E-state index in [4.69, 9.17) is 11.6 Å². The van der Waals surface area contributed by atoms with Gasteiger partial charge in [-0.05, 0) is 17.7 Å². The van der Waals surface area contributed by atoms with E-state index in [2.05, 4.69) is 14.8 Å².